The lowest BCUT2D eigenvalue weighted by Gasteiger charge is -2.41. The molecule has 9 aromatic rings. The van der Waals surface area contributed by atoms with Crippen molar-refractivity contribution in [2.45, 2.75) is 37.5 Å². The van der Waals surface area contributed by atoms with Crippen LogP contribution in [-0.4, -0.2) is 114 Å². The first-order valence-corrected chi connectivity index (χ1v) is 27.6. The van der Waals surface area contributed by atoms with Crippen LogP contribution in [0.15, 0.2) is 231 Å². The Kier molecular flexibility index (Phi) is 17.8. The van der Waals surface area contributed by atoms with E-state index in [1.165, 1.54) is 0 Å². The molecule has 82 heavy (non-hydrogen) atoms. The number of rotatable bonds is 14. The highest BCUT2D eigenvalue weighted by molar-refractivity contribution is 6.00. The summed E-state index contributed by atoms with van der Waals surface area (Å²) in [4.78, 5) is 88.6. The Bertz CT molecular complexity index is 3630. The number of hydrogen-bond donors (Lipinski definition) is 2. The van der Waals surface area contributed by atoms with E-state index in [-0.39, 0.29) is 68.0 Å². The molecule has 2 aliphatic rings. The molecular weight excluding hydrogens is 1020 g/mol. The van der Waals surface area contributed by atoms with Gasteiger partial charge in [-0.25, -0.2) is 0 Å². The molecule has 6 amide bonds. The lowest BCUT2D eigenvalue weighted by molar-refractivity contribution is -0.138. The van der Waals surface area contributed by atoms with Crippen molar-refractivity contribution >= 4 is 57.0 Å². The maximum absolute atomic E-state index is 14.2. The van der Waals surface area contributed by atoms with Crippen LogP contribution in [-0.2, 0) is 38.7 Å². The first-order chi connectivity index (χ1) is 40.1. The van der Waals surface area contributed by atoms with Gasteiger partial charge in [0.2, 0.25) is 23.6 Å². The second-order valence-corrected chi connectivity index (χ2v) is 20.4. The number of fused-ring (bicyclic) bond motifs is 2. The average molecular weight is 1090 g/mol. The lowest BCUT2D eigenvalue weighted by Crippen LogP contribution is -2.62. The fraction of sp³-hybridized carbons (Fsp3) is 0.188. The molecule has 2 fully saturated rings. The zero-order valence-electron chi connectivity index (χ0n) is 45.7. The monoisotopic (exact) mass is 1090 g/mol. The van der Waals surface area contributed by atoms with Crippen molar-refractivity contribution in [3.8, 4) is 5.75 Å². The van der Waals surface area contributed by atoms with Gasteiger partial charge in [0, 0.05) is 50.4 Å². The first kappa shape index (κ1) is 55.4. The van der Waals surface area contributed by atoms with E-state index in [1.807, 2.05) is 194 Å². The largest absolute Gasteiger partial charge is 0.497 e. The summed E-state index contributed by atoms with van der Waals surface area (Å²) in [7, 11) is 1.60. The molecule has 2 heterocycles. The van der Waals surface area contributed by atoms with Crippen molar-refractivity contribution in [1.82, 2.24) is 30.2 Å². The van der Waals surface area contributed by atoms with Crippen LogP contribution in [0.25, 0.3) is 21.5 Å². The van der Waals surface area contributed by atoms with Gasteiger partial charge in [-0.15, -0.1) is 0 Å². The van der Waals surface area contributed by atoms with Gasteiger partial charge >= 0.3 is 0 Å². The highest BCUT2D eigenvalue weighted by atomic mass is 16.5. The van der Waals surface area contributed by atoms with Crippen LogP contribution in [0.4, 0.5) is 0 Å². The molecule has 2 saturated heterocycles. The van der Waals surface area contributed by atoms with Gasteiger partial charge in [-0.2, -0.15) is 0 Å². The van der Waals surface area contributed by atoms with Gasteiger partial charge in [-0.05, 0) is 85.8 Å². The molecule has 2 atom stereocenters. The maximum atomic E-state index is 14.2. The fourth-order valence-corrected chi connectivity index (χ4v) is 10.9. The van der Waals surface area contributed by atoms with Crippen LogP contribution in [0.5, 0.6) is 5.75 Å². The van der Waals surface area contributed by atoms with Gasteiger partial charge in [0.1, 0.15) is 17.8 Å². The molecule has 2 unspecified atom stereocenters. The van der Waals surface area contributed by atoms with Crippen molar-refractivity contribution in [3.63, 3.8) is 0 Å². The van der Waals surface area contributed by atoms with Crippen molar-refractivity contribution in [2.24, 2.45) is 0 Å². The first-order valence-electron chi connectivity index (χ1n) is 27.6. The number of piperazine rings is 2. The van der Waals surface area contributed by atoms with Crippen molar-refractivity contribution in [2.75, 3.05) is 46.4 Å². The number of ether oxygens (including phenoxy) is 1. The quantitative estimate of drug-likeness (QED) is 0.110. The third-order valence-electron chi connectivity index (χ3n) is 15.3. The van der Waals surface area contributed by atoms with Crippen LogP contribution in [0.3, 0.4) is 0 Å². The number of hydrogen-bond acceptors (Lipinski definition) is 7. The molecule has 412 valence electrons. The number of methoxy groups -OCH3 is 1. The summed E-state index contributed by atoms with van der Waals surface area (Å²) in [5.74, 6) is -0.973. The van der Waals surface area contributed by atoms with Gasteiger partial charge in [0.05, 0.1) is 32.5 Å². The second-order valence-electron chi connectivity index (χ2n) is 20.4. The number of nitrogens with zero attached hydrogens (tertiary/aromatic N) is 4. The van der Waals surface area contributed by atoms with Crippen molar-refractivity contribution in [1.29, 1.82) is 0 Å². The number of amides is 6. The zero-order valence-corrected chi connectivity index (χ0v) is 45.7. The number of benzene rings is 9. The van der Waals surface area contributed by atoms with Crippen LogP contribution in [0.2, 0.25) is 0 Å². The van der Waals surface area contributed by atoms with Crippen LogP contribution in [0.1, 0.15) is 54.5 Å². The molecule has 0 saturated carbocycles. The normalized spacial score (nSPS) is 15.0. The van der Waals surface area contributed by atoms with Gasteiger partial charge < -0.3 is 35.0 Å². The Hall–Kier alpha value is -9.88. The van der Waals surface area contributed by atoms with E-state index >= 15 is 0 Å². The Morgan fingerprint density at radius 1 is 0.451 bits per heavy atom. The summed E-state index contributed by atoms with van der Waals surface area (Å²) in [6.45, 7) is 2.10. The van der Waals surface area contributed by atoms with E-state index in [1.54, 1.807) is 63.1 Å². The molecule has 0 aromatic heterocycles. The topological polar surface area (TPSA) is 149 Å². The van der Waals surface area contributed by atoms with E-state index in [4.69, 9.17) is 4.74 Å². The SMILES string of the molecule is COc1ccc(CC(=O)N2CCN(C(=O)c3ccccc3)C(C(=O)NCc3cccc4ccccc34)C2)cc1.O=C(NCc1cccc2ccccc12)C1CN(C(=O)C(c2ccccc2)c2ccccc2)CCN1C(=O)c1ccccc1. The zero-order chi connectivity index (χ0) is 56.8. The van der Waals surface area contributed by atoms with Gasteiger partial charge in [-0.3, -0.25) is 28.8 Å². The molecule has 11 rings (SSSR count). The fourth-order valence-electron chi connectivity index (χ4n) is 10.9. The highest BCUT2D eigenvalue weighted by Gasteiger charge is 2.40. The van der Waals surface area contributed by atoms with E-state index < -0.39 is 18.0 Å². The van der Waals surface area contributed by atoms with Crippen LogP contribution in [0, 0.1) is 0 Å². The molecular formula is C69H64N6O7. The standard InChI is InChI=1S/C37H33N3O3.C32H31N3O4/c41-35(38-25-31-21-12-20-27-13-10-11-22-32(27)31)33-26-39(23-24-40(33)36(42)30-18-8-3-9-19-30)37(43)34(28-14-4-1-5-15-28)29-16-6-2-7-17-29;1-39-27-16-14-23(15-17-27)20-30(36)34-18-19-35(32(38)25-9-3-2-4-10-25)29(22-34)31(37)33-21-26-12-7-11-24-8-5-6-13-28(24)26/h1-22,33-34H,23-26H2,(H,38,41);2-17,29H,18-22H2,1H3,(H,33,37). The molecule has 2 N–H and O–H groups in total. The molecule has 2 aliphatic heterocycles. The van der Waals surface area contributed by atoms with E-state index in [0.29, 0.717) is 37.3 Å². The minimum Gasteiger partial charge on any atom is -0.497 e. The van der Waals surface area contributed by atoms with E-state index in [0.717, 1.165) is 55.1 Å². The summed E-state index contributed by atoms with van der Waals surface area (Å²) >= 11 is 0. The Labute approximate surface area is 477 Å². The maximum Gasteiger partial charge on any atom is 0.254 e. The summed E-state index contributed by atoms with van der Waals surface area (Å²) < 4.78 is 5.20. The molecule has 9 aromatic carbocycles. The van der Waals surface area contributed by atoms with E-state index in [9.17, 15) is 28.8 Å². The molecule has 0 spiro atoms. The molecule has 0 aliphatic carbocycles. The Morgan fingerprint density at radius 2 is 0.854 bits per heavy atom. The summed E-state index contributed by atoms with van der Waals surface area (Å²) in [5.41, 5.74) is 5.65. The Balaban J connectivity index is 0.000000185. The number of nitrogens with one attached hydrogen (secondary N) is 2. The highest BCUT2D eigenvalue weighted by Crippen LogP contribution is 2.29. The molecule has 0 radical (unpaired) electrons. The summed E-state index contributed by atoms with van der Waals surface area (Å²) in [5, 5.41) is 10.4. The molecule has 0 bridgehead atoms. The van der Waals surface area contributed by atoms with Gasteiger partial charge in [0.25, 0.3) is 11.8 Å². The minimum absolute atomic E-state index is 0.0844. The average Bonchev–Trinajstić information content (AvgIpc) is 3.71. The predicted octanol–water partition coefficient (Wildman–Crippen LogP) is 9.70. The predicted molar refractivity (Wildman–Crippen MR) is 319 cm³/mol. The summed E-state index contributed by atoms with van der Waals surface area (Å²) in [6.07, 6.45) is 0.209. The second kappa shape index (κ2) is 26.4. The third-order valence-corrected chi connectivity index (χ3v) is 15.3. The summed E-state index contributed by atoms with van der Waals surface area (Å²) in [6, 6.07) is 71.1. The molecule has 13 heteroatoms. The Morgan fingerprint density at radius 3 is 1.32 bits per heavy atom. The smallest absolute Gasteiger partial charge is 0.254 e. The lowest BCUT2D eigenvalue weighted by atomic mass is 9.89. The van der Waals surface area contributed by atoms with Crippen LogP contribution >= 0.6 is 0 Å². The number of carbonyl (C=O) groups excluding carboxylic acids is 6. The van der Waals surface area contributed by atoms with Gasteiger partial charge in [0.15, 0.2) is 0 Å². The molecule has 13 nitrogen and oxygen atoms in total. The third kappa shape index (κ3) is 13.1. The number of carbonyl (C=O) groups is 6. The minimum atomic E-state index is -0.840. The van der Waals surface area contributed by atoms with Gasteiger partial charge in [-0.1, -0.05) is 194 Å². The van der Waals surface area contributed by atoms with Crippen molar-refractivity contribution in [3.05, 3.63) is 269 Å². The van der Waals surface area contributed by atoms with E-state index in [2.05, 4.69) is 10.6 Å². The van der Waals surface area contributed by atoms with Crippen LogP contribution < -0.4 is 15.4 Å². The van der Waals surface area contributed by atoms with Crippen molar-refractivity contribution < 1.29 is 33.5 Å².